The van der Waals surface area contributed by atoms with Gasteiger partial charge >= 0.3 is 6.03 Å². The van der Waals surface area contributed by atoms with Crippen LogP contribution in [0.5, 0.6) is 11.6 Å². The van der Waals surface area contributed by atoms with Gasteiger partial charge in [-0.3, -0.25) is 4.79 Å². The fraction of sp³-hybridized carbons (Fsp3) is 0.435. The van der Waals surface area contributed by atoms with Crippen molar-refractivity contribution in [2.24, 2.45) is 0 Å². The van der Waals surface area contributed by atoms with Crippen LogP contribution in [-0.4, -0.2) is 79.3 Å². The van der Waals surface area contributed by atoms with Crippen LogP contribution >= 0.6 is 0 Å². The zero-order valence-electron chi connectivity index (χ0n) is 18.4. The SMILES string of the molecule is COc1ccc(C)cc1NC(=O)N1CCC(Oc2ncccc2C(=O)N2CCOCC2)C1. The van der Waals surface area contributed by atoms with Crippen LogP contribution in [0, 0.1) is 6.92 Å². The molecular weight excluding hydrogens is 412 g/mol. The predicted molar refractivity (Wildman–Crippen MR) is 118 cm³/mol. The van der Waals surface area contributed by atoms with Crippen molar-refractivity contribution in [2.75, 3.05) is 51.8 Å². The number of carbonyl (C=O) groups is 2. The summed E-state index contributed by atoms with van der Waals surface area (Å²) in [7, 11) is 1.57. The Balaban J connectivity index is 1.39. The summed E-state index contributed by atoms with van der Waals surface area (Å²) in [4.78, 5) is 33.4. The number of aromatic nitrogens is 1. The van der Waals surface area contributed by atoms with Gasteiger partial charge in [-0.15, -0.1) is 0 Å². The monoisotopic (exact) mass is 440 g/mol. The topological polar surface area (TPSA) is 93.2 Å². The summed E-state index contributed by atoms with van der Waals surface area (Å²) < 4.78 is 16.7. The molecule has 1 atom stereocenters. The maximum absolute atomic E-state index is 12.9. The van der Waals surface area contributed by atoms with E-state index in [0.717, 1.165) is 5.56 Å². The Morgan fingerprint density at radius 1 is 1.16 bits per heavy atom. The second-order valence-corrected chi connectivity index (χ2v) is 7.87. The van der Waals surface area contributed by atoms with Gasteiger partial charge in [-0.25, -0.2) is 9.78 Å². The molecule has 2 aliphatic rings. The molecule has 32 heavy (non-hydrogen) atoms. The number of aryl methyl sites for hydroxylation is 1. The fourth-order valence-electron chi connectivity index (χ4n) is 3.86. The van der Waals surface area contributed by atoms with Gasteiger partial charge in [0.15, 0.2) is 0 Å². The van der Waals surface area contributed by atoms with Crippen LogP contribution in [0.25, 0.3) is 0 Å². The van der Waals surface area contributed by atoms with E-state index in [2.05, 4.69) is 10.3 Å². The molecule has 170 valence electrons. The van der Waals surface area contributed by atoms with Gasteiger partial charge in [0.1, 0.15) is 17.4 Å². The smallest absolute Gasteiger partial charge is 0.322 e. The zero-order valence-corrected chi connectivity index (χ0v) is 18.4. The number of morpholine rings is 1. The fourth-order valence-corrected chi connectivity index (χ4v) is 3.86. The van der Waals surface area contributed by atoms with Crippen LogP contribution in [0.3, 0.4) is 0 Å². The largest absolute Gasteiger partial charge is 0.495 e. The van der Waals surface area contributed by atoms with Gasteiger partial charge in [0.2, 0.25) is 5.88 Å². The van der Waals surface area contributed by atoms with E-state index in [1.54, 1.807) is 35.2 Å². The Labute approximate surface area is 187 Å². The van der Waals surface area contributed by atoms with Gasteiger partial charge in [0, 0.05) is 32.3 Å². The Bertz CT molecular complexity index is 977. The van der Waals surface area contributed by atoms with Crippen LogP contribution in [-0.2, 0) is 4.74 Å². The van der Waals surface area contributed by atoms with E-state index in [4.69, 9.17) is 14.2 Å². The summed E-state index contributed by atoms with van der Waals surface area (Å²) >= 11 is 0. The third-order valence-electron chi connectivity index (χ3n) is 5.61. The normalized spacial score (nSPS) is 18.4. The molecule has 1 aromatic heterocycles. The average Bonchev–Trinajstić information content (AvgIpc) is 3.28. The number of hydrogen-bond donors (Lipinski definition) is 1. The van der Waals surface area contributed by atoms with Gasteiger partial charge in [0.25, 0.3) is 5.91 Å². The molecule has 0 bridgehead atoms. The van der Waals surface area contributed by atoms with Gasteiger partial charge in [-0.05, 0) is 36.8 Å². The van der Waals surface area contributed by atoms with E-state index >= 15 is 0 Å². The van der Waals surface area contributed by atoms with Crippen molar-refractivity contribution >= 4 is 17.6 Å². The Morgan fingerprint density at radius 2 is 1.97 bits per heavy atom. The molecule has 9 heteroatoms. The molecule has 3 amide bonds. The molecule has 0 radical (unpaired) electrons. The molecular formula is C23H28N4O5. The minimum Gasteiger partial charge on any atom is -0.495 e. The number of nitrogens with one attached hydrogen (secondary N) is 1. The lowest BCUT2D eigenvalue weighted by Crippen LogP contribution is -2.41. The Morgan fingerprint density at radius 3 is 2.75 bits per heavy atom. The lowest BCUT2D eigenvalue weighted by Gasteiger charge is -2.27. The van der Waals surface area contributed by atoms with E-state index < -0.39 is 0 Å². The van der Waals surface area contributed by atoms with Crippen LogP contribution in [0.2, 0.25) is 0 Å². The number of carbonyl (C=O) groups excluding carboxylic acids is 2. The highest BCUT2D eigenvalue weighted by Crippen LogP contribution is 2.27. The molecule has 2 aromatic rings. The van der Waals surface area contributed by atoms with E-state index in [-0.39, 0.29) is 18.0 Å². The number of rotatable bonds is 5. The van der Waals surface area contributed by atoms with Crippen LogP contribution in [0.15, 0.2) is 36.5 Å². The highest BCUT2D eigenvalue weighted by atomic mass is 16.5. The van der Waals surface area contributed by atoms with Crippen molar-refractivity contribution in [1.29, 1.82) is 0 Å². The highest BCUT2D eigenvalue weighted by molar-refractivity contribution is 5.96. The number of amides is 3. The third-order valence-corrected chi connectivity index (χ3v) is 5.61. The maximum Gasteiger partial charge on any atom is 0.322 e. The minimum atomic E-state index is -0.244. The molecule has 9 nitrogen and oxygen atoms in total. The lowest BCUT2D eigenvalue weighted by molar-refractivity contribution is 0.0298. The molecule has 2 saturated heterocycles. The Hall–Kier alpha value is -3.33. The summed E-state index contributed by atoms with van der Waals surface area (Å²) in [5.41, 5.74) is 2.09. The molecule has 0 saturated carbocycles. The Kier molecular flexibility index (Phi) is 6.75. The van der Waals surface area contributed by atoms with Crippen LogP contribution in [0.4, 0.5) is 10.5 Å². The van der Waals surface area contributed by atoms with Crippen LogP contribution in [0.1, 0.15) is 22.3 Å². The second kappa shape index (κ2) is 9.86. The number of hydrogen-bond acceptors (Lipinski definition) is 6. The summed E-state index contributed by atoms with van der Waals surface area (Å²) in [6.07, 6.45) is 2.01. The molecule has 2 aliphatic heterocycles. The van der Waals surface area contributed by atoms with Crippen molar-refractivity contribution in [2.45, 2.75) is 19.4 Å². The third kappa shape index (κ3) is 4.94. The maximum atomic E-state index is 12.9. The van der Waals surface area contributed by atoms with Crippen molar-refractivity contribution in [3.8, 4) is 11.6 Å². The first-order valence-electron chi connectivity index (χ1n) is 10.7. The summed E-state index contributed by atoms with van der Waals surface area (Å²) in [6.45, 7) is 5.06. The number of pyridine rings is 1. The molecule has 2 fully saturated rings. The number of urea groups is 1. The first-order valence-corrected chi connectivity index (χ1v) is 10.7. The van der Waals surface area contributed by atoms with E-state index in [1.807, 2.05) is 25.1 Å². The minimum absolute atomic E-state index is 0.115. The van der Waals surface area contributed by atoms with Gasteiger partial charge < -0.3 is 29.3 Å². The molecule has 0 spiro atoms. The lowest BCUT2D eigenvalue weighted by atomic mass is 10.2. The van der Waals surface area contributed by atoms with Crippen molar-refractivity contribution in [3.05, 3.63) is 47.7 Å². The molecule has 1 aromatic carbocycles. The average molecular weight is 441 g/mol. The van der Waals surface area contributed by atoms with E-state index in [0.29, 0.717) is 68.7 Å². The second-order valence-electron chi connectivity index (χ2n) is 7.87. The van der Waals surface area contributed by atoms with Gasteiger partial charge in [0.05, 0.1) is 32.6 Å². The standard InChI is InChI=1S/C23H28N4O5/c1-16-5-6-20(30-2)19(14-16)25-23(29)27-9-7-17(15-27)32-21-18(4-3-8-24-21)22(28)26-10-12-31-13-11-26/h3-6,8,14,17H,7,9-13,15H2,1-2H3,(H,25,29). The number of methoxy groups -OCH3 is 1. The predicted octanol–water partition coefficient (Wildman–Crippen LogP) is 2.56. The molecule has 1 unspecified atom stereocenters. The van der Waals surface area contributed by atoms with Crippen molar-refractivity contribution < 1.29 is 23.8 Å². The number of likely N-dealkylation sites (tertiary alicyclic amines) is 1. The zero-order chi connectivity index (χ0) is 22.5. The number of nitrogens with zero attached hydrogens (tertiary/aromatic N) is 3. The summed E-state index contributed by atoms with van der Waals surface area (Å²) in [5.74, 6) is 0.794. The van der Waals surface area contributed by atoms with Gasteiger partial charge in [-0.1, -0.05) is 6.07 Å². The molecule has 1 N–H and O–H groups in total. The first kappa shape index (κ1) is 21.9. The number of ether oxygens (including phenoxy) is 3. The molecule has 3 heterocycles. The van der Waals surface area contributed by atoms with E-state index in [9.17, 15) is 9.59 Å². The van der Waals surface area contributed by atoms with Crippen LogP contribution < -0.4 is 14.8 Å². The molecule has 0 aliphatic carbocycles. The molecule has 4 rings (SSSR count). The highest BCUT2D eigenvalue weighted by Gasteiger charge is 2.30. The number of benzene rings is 1. The van der Waals surface area contributed by atoms with Crippen molar-refractivity contribution in [3.63, 3.8) is 0 Å². The summed E-state index contributed by atoms with van der Waals surface area (Å²) in [5, 5.41) is 2.92. The van der Waals surface area contributed by atoms with Crippen molar-refractivity contribution in [1.82, 2.24) is 14.8 Å². The first-order chi connectivity index (χ1) is 15.5. The number of anilines is 1. The summed E-state index contributed by atoms with van der Waals surface area (Å²) in [6, 6.07) is 8.86. The quantitative estimate of drug-likeness (QED) is 0.768. The van der Waals surface area contributed by atoms with Gasteiger partial charge in [-0.2, -0.15) is 0 Å². The van der Waals surface area contributed by atoms with E-state index in [1.165, 1.54) is 0 Å².